The molecule has 1 atom stereocenters. The lowest BCUT2D eigenvalue weighted by Crippen LogP contribution is -2.23. The van der Waals surface area contributed by atoms with Crippen molar-refractivity contribution in [2.75, 3.05) is 25.0 Å². The molecule has 34 heavy (non-hydrogen) atoms. The first kappa shape index (κ1) is 26.4. The number of hydrogen-bond acceptors (Lipinski definition) is 5. The van der Waals surface area contributed by atoms with E-state index in [1.807, 2.05) is 30.3 Å². The van der Waals surface area contributed by atoms with Crippen LogP contribution < -0.4 is 10.6 Å². The second-order valence-corrected chi connectivity index (χ2v) is 7.81. The van der Waals surface area contributed by atoms with Crippen molar-refractivity contribution >= 4 is 11.7 Å². The summed E-state index contributed by atoms with van der Waals surface area (Å²) in [4.78, 5) is 10.8. The van der Waals surface area contributed by atoms with Crippen LogP contribution in [0.2, 0.25) is 0 Å². The van der Waals surface area contributed by atoms with Crippen LogP contribution in [0, 0.1) is 17.1 Å². The summed E-state index contributed by atoms with van der Waals surface area (Å²) in [7, 11) is 0. The van der Waals surface area contributed by atoms with Gasteiger partial charge in [0.15, 0.2) is 5.75 Å². The van der Waals surface area contributed by atoms with Crippen molar-refractivity contribution in [2.24, 2.45) is 0 Å². The van der Waals surface area contributed by atoms with Gasteiger partial charge in [0.05, 0.1) is 17.7 Å². The van der Waals surface area contributed by atoms with Gasteiger partial charge in [-0.1, -0.05) is 55.5 Å². The highest BCUT2D eigenvalue weighted by Gasteiger charge is 2.08. The predicted molar refractivity (Wildman–Crippen MR) is 131 cm³/mol. The molecule has 0 heterocycles. The molecular weight excluding hydrogens is 433 g/mol. The lowest BCUT2D eigenvalue weighted by Gasteiger charge is -2.14. The Bertz CT molecular complexity index is 1080. The summed E-state index contributed by atoms with van der Waals surface area (Å²) in [5, 5.41) is 34.3. The Hall–Kier alpha value is -3.89. The first-order valence-electron chi connectivity index (χ1n) is 11.1. The summed E-state index contributed by atoms with van der Waals surface area (Å²) in [5.41, 5.74) is 2.77. The van der Waals surface area contributed by atoms with Crippen molar-refractivity contribution in [2.45, 2.75) is 25.7 Å². The molecule has 0 aliphatic carbocycles. The number of nitriles is 1. The number of aromatic hydroxyl groups is 1. The SMILES string of the molecule is CC(CNCCCNc1cccc(C#N)c1O)c1cccc(CC(=O)O)c1.Fc1ccccc1. The van der Waals surface area contributed by atoms with E-state index < -0.39 is 5.97 Å². The van der Waals surface area contributed by atoms with Crippen LogP contribution in [0.5, 0.6) is 5.75 Å². The summed E-state index contributed by atoms with van der Waals surface area (Å²) < 4.78 is 11.9. The minimum atomic E-state index is -0.822. The fraction of sp³-hybridized carbons (Fsp3) is 0.259. The molecule has 6 nitrogen and oxygen atoms in total. The number of benzene rings is 3. The molecule has 7 heteroatoms. The topological polar surface area (TPSA) is 105 Å². The first-order chi connectivity index (χ1) is 16.4. The van der Waals surface area contributed by atoms with E-state index in [0.29, 0.717) is 12.2 Å². The van der Waals surface area contributed by atoms with Gasteiger partial charge < -0.3 is 20.8 Å². The van der Waals surface area contributed by atoms with E-state index in [2.05, 4.69) is 17.6 Å². The van der Waals surface area contributed by atoms with Gasteiger partial charge in [-0.05, 0) is 54.3 Å². The molecule has 0 bridgehead atoms. The normalized spacial score (nSPS) is 11.0. The zero-order chi connectivity index (χ0) is 24.8. The number of carbonyl (C=O) groups is 1. The van der Waals surface area contributed by atoms with Gasteiger partial charge >= 0.3 is 5.97 Å². The van der Waals surface area contributed by atoms with E-state index in [0.717, 1.165) is 30.6 Å². The van der Waals surface area contributed by atoms with Crippen LogP contribution >= 0.6 is 0 Å². The second kappa shape index (κ2) is 14.3. The molecule has 0 amide bonds. The second-order valence-electron chi connectivity index (χ2n) is 7.81. The van der Waals surface area contributed by atoms with E-state index in [1.54, 1.807) is 36.4 Å². The van der Waals surface area contributed by atoms with Crippen LogP contribution in [-0.2, 0) is 11.2 Å². The lowest BCUT2D eigenvalue weighted by atomic mass is 9.98. The number of phenols is 1. The maximum atomic E-state index is 11.9. The Morgan fingerprint density at radius 3 is 2.44 bits per heavy atom. The molecule has 4 N–H and O–H groups in total. The third-order valence-corrected chi connectivity index (χ3v) is 5.06. The number of nitrogens with one attached hydrogen (secondary N) is 2. The Morgan fingerprint density at radius 1 is 1.06 bits per heavy atom. The van der Waals surface area contributed by atoms with Gasteiger partial charge in [0.25, 0.3) is 0 Å². The van der Waals surface area contributed by atoms with E-state index in [9.17, 15) is 14.3 Å². The summed E-state index contributed by atoms with van der Waals surface area (Å²) in [6, 6.07) is 22.7. The smallest absolute Gasteiger partial charge is 0.307 e. The average Bonchev–Trinajstić information content (AvgIpc) is 2.82. The van der Waals surface area contributed by atoms with Crippen molar-refractivity contribution in [1.29, 1.82) is 5.26 Å². The molecule has 3 aromatic carbocycles. The van der Waals surface area contributed by atoms with Gasteiger partial charge in [0.1, 0.15) is 11.9 Å². The molecule has 0 fully saturated rings. The van der Waals surface area contributed by atoms with Crippen molar-refractivity contribution in [1.82, 2.24) is 5.32 Å². The van der Waals surface area contributed by atoms with Gasteiger partial charge in [-0.15, -0.1) is 0 Å². The maximum Gasteiger partial charge on any atom is 0.307 e. The van der Waals surface area contributed by atoms with Crippen molar-refractivity contribution in [3.63, 3.8) is 0 Å². The Labute approximate surface area is 199 Å². The number of halogens is 1. The zero-order valence-electron chi connectivity index (χ0n) is 19.2. The molecule has 0 aliphatic rings. The number of hydrogen-bond donors (Lipinski definition) is 4. The molecule has 0 spiro atoms. The third-order valence-electron chi connectivity index (χ3n) is 5.06. The number of nitrogens with zero attached hydrogens (tertiary/aromatic N) is 1. The fourth-order valence-corrected chi connectivity index (χ4v) is 3.25. The van der Waals surface area contributed by atoms with Crippen LogP contribution in [0.4, 0.5) is 10.1 Å². The molecule has 0 aliphatic heterocycles. The zero-order valence-corrected chi connectivity index (χ0v) is 19.2. The minimum Gasteiger partial charge on any atom is -0.504 e. The van der Waals surface area contributed by atoms with Crippen LogP contribution in [0.25, 0.3) is 0 Å². The largest absolute Gasteiger partial charge is 0.504 e. The molecular formula is C27H30FN3O3. The number of phenolic OH excluding ortho intramolecular Hbond substituents is 1. The summed E-state index contributed by atoms with van der Waals surface area (Å²) >= 11 is 0. The molecule has 0 saturated heterocycles. The van der Waals surface area contributed by atoms with Gasteiger partial charge in [0, 0.05) is 13.1 Å². The molecule has 178 valence electrons. The minimum absolute atomic E-state index is 0.0113. The van der Waals surface area contributed by atoms with Gasteiger partial charge in [-0.2, -0.15) is 5.26 Å². The van der Waals surface area contributed by atoms with Gasteiger partial charge in [-0.25, -0.2) is 4.39 Å². The van der Waals surface area contributed by atoms with E-state index >= 15 is 0 Å². The molecule has 0 radical (unpaired) electrons. The Morgan fingerprint density at radius 2 is 1.79 bits per heavy atom. The van der Waals surface area contributed by atoms with Crippen LogP contribution in [0.1, 0.15) is 36.0 Å². The third kappa shape index (κ3) is 9.31. The molecule has 3 aromatic rings. The molecule has 1 unspecified atom stereocenters. The first-order valence-corrected chi connectivity index (χ1v) is 11.1. The van der Waals surface area contributed by atoms with Gasteiger partial charge in [-0.3, -0.25) is 4.79 Å². The van der Waals surface area contributed by atoms with Crippen molar-refractivity contribution in [3.8, 4) is 11.8 Å². The van der Waals surface area contributed by atoms with E-state index in [4.69, 9.17) is 10.4 Å². The number of carboxylic acid groups (broad SMARTS) is 1. The van der Waals surface area contributed by atoms with Gasteiger partial charge in [0.2, 0.25) is 0 Å². The quantitative estimate of drug-likeness (QED) is 0.251. The highest BCUT2D eigenvalue weighted by atomic mass is 19.1. The average molecular weight is 464 g/mol. The monoisotopic (exact) mass is 463 g/mol. The number of aliphatic carboxylic acids is 1. The highest BCUT2D eigenvalue weighted by molar-refractivity contribution is 5.70. The summed E-state index contributed by atoms with van der Waals surface area (Å²) in [5.74, 6) is -0.731. The number of rotatable bonds is 10. The number of anilines is 1. The van der Waals surface area contributed by atoms with E-state index in [1.165, 1.54) is 12.1 Å². The maximum absolute atomic E-state index is 11.9. The highest BCUT2D eigenvalue weighted by Crippen LogP contribution is 2.26. The molecule has 3 rings (SSSR count). The fourth-order valence-electron chi connectivity index (χ4n) is 3.25. The summed E-state index contributed by atoms with van der Waals surface area (Å²) in [6.07, 6.45) is 0.904. The van der Waals surface area contributed by atoms with Crippen LogP contribution in [0.3, 0.4) is 0 Å². The van der Waals surface area contributed by atoms with Crippen molar-refractivity contribution in [3.05, 3.63) is 95.3 Å². The standard InChI is InChI=1S/C21H25N3O3.C6H5F/c1-15(17-6-2-5-16(11-17)12-20(25)26)14-23-9-4-10-24-19-8-3-7-18(13-22)21(19)27;7-6-4-2-1-3-5-6/h2-3,5-8,11,15,23-24,27H,4,9-10,12,14H2,1H3,(H,25,26);1-5H. The number of para-hydroxylation sites is 1. The van der Waals surface area contributed by atoms with Crippen LogP contribution in [-0.4, -0.2) is 35.8 Å². The van der Waals surface area contributed by atoms with E-state index in [-0.39, 0.29) is 29.5 Å². The lowest BCUT2D eigenvalue weighted by molar-refractivity contribution is -0.136. The Kier molecular flexibility index (Phi) is 11.1. The van der Waals surface area contributed by atoms with Crippen molar-refractivity contribution < 1.29 is 19.4 Å². The molecule has 0 aromatic heterocycles. The molecule has 0 saturated carbocycles. The van der Waals surface area contributed by atoms with Crippen LogP contribution in [0.15, 0.2) is 72.8 Å². The number of carboxylic acids is 1. The predicted octanol–water partition coefficient (Wildman–Crippen LogP) is 4.91. The summed E-state index contributed by atoms with van der Waals surface area (Å²) in [6.45, 7) is 4.39. The Balaban J connectivity index is 0.000000497.